The van der Waals surface area contributed by atoms with E-state index < -0.39 is 0 Å². The summed E-state index contributed by atoms with van der Waals surface area (Å²) in [6.45, 7) is 8.51. The molecule has 19 heavy (non-hydrogen) atoms. The molecule has 0 spiro atoms. The number of aryl methyl sites for hydroxylation is 1. The molecule has 0 amide bonds. The Balaban J connectivity index is 1.82. The summed E-state index contributed by atoms with van der Waals surface area (Å²) < 4.78 is 0. The number of nitrogens with two attached hydrogens (primary N) is 1. The molecule has 0 bridgehead atoms. The van der Waals surface area contributed by atoms with Gasteiger partial charge in [-0.25, -0.2) is 4.98 Å². The van der Waals surface area contributed by atoms with Crippen molar-refractivity contribution in [2.45, 2.75) is 45.3 Å². The molecule has 3 rings (SSSR count). The maximum absolute atomic E-state index is 5.72. The van der Waals surface area contributed by atoms with Gasteiger partial charge in [-0.3, -0.25) is 4.90 Å². The smallest absolute Gasteiger partial charge is 0.129 e. The Morgan fingerprint density at radius 3 is 2.95 bits per heavy atom. The van der Waals surface area contributed by atoms with Gasteiger partial charge in [0.2, 0.25) is 0 Å². The third-order valence-corrected chi connectivity index (χ3v) is 4.63. The van der Waals surface area contributed by atoms with E-state index in [9.17, 15) is 0 Å². The highest BCUT2D eigenvalue weighted by Crippen LogP contribution is 2.28. The Morgan fingerprint density at radius 1 is 1.37 bits per heavy atom. The lowest BCUT2D eigenvalue weighted by molar-refractivity contribution is 0.202. The van der Waals surface area contributed by atoms with E-state index in [1.165, 1.54) is 25.9 Å². The first-order chi connectivity index (χ1) is 9.19. The highest BCUT2D eigenvalue weighted by Gasteiger charge is 2.34. The van der Waals surface area contributed by atoms with Gasteiger partial charge in [0.05, 0.1) is 0 Å². The number of nitrogens with zero attached hydrogens (tertiary/aromatic N) is 3. The van der Waals surface area contributed by atoms with Crippen LogP contribution in [-0.2, 0) is 6.54 Å². The zero-order valence-electron chi connectivity index (χ0n) is 12.0. The number of hydrogen-bond acceptors (Lipinski definition) is 4. The van der Waals surface area contributed by atoms with Gasteiger partial charge >= 0.3 is 0 Å². The lowest BCUT2D eigenvalue weighted by atomic mass is 10.1. The van der Waals surface area contributed by atoms with Gasteiger partial charge in [0.1, 0.15) is 5.82 Å². The van der Waals surface area contributed by atoms with Crippen molar-refractivity contribution in [3.05, 3.63) is 23.4 Å². The van der Waals surface area contributed by atoms with Crippen molar-refractivity contribution in [1.29, 1.82) is 0 Å². The van der Waals surface area contributed by atoms with Crippen LogP contribution in [-0.4, -0.2) is 41.6 Å². The SMILES string of the molecule is Cc1nc(N2CC3CCCN3CC2C)ccc1CN. The van der Waals surface area contributed by atoms with Crippen LogP contribution in [0.2, 0.25) is 0 Å². The van der Waals surface area contributed by atoms with Crippen LogP contribution in [0.15, 0.2) is 12.1 Å². The van der Waals surface area contributed by atoms with E-state index in [4.69, 9.17) is 10.7 Å². The summed E-state index contributed by atoms with van der Waals surface area (Å²) in [4.78, 5) is 9.87. The zero-order valence-corrected chi connectivity index (χ0v) is 12.0. The molecule has 2 N–H and O–H groups in total. The van der Waals surface area contributed by atoms with Crippen molar-refractivity contribution in [2.24, 2.45) is 5.73 Å². The number of piperazine rings is 1. The third-order valence-electron chi connectivity index (χ3n) is 4.63. The van der Waals surface area contributed by atoms with E-state index in [1.807, 2.05) is 0 Å². The summed E-state index contributed by atoms with van der Waals surface area (Å²) in [6.07, 6.45) is 2.69. The molecule has 0 aromatic carbocycles. The first-order valence-electron chi connectivity index (χ1n) is 7.36. The van der Waals surface area contributed by atoms with Crippen LogP contribution in [0.25, 0.3) is 0 Å². The second kappa shape index (κ2) is 5.10. The summed E-state index contributed by atoms with van der Waals surface area (Å²) >= 11 is 0. The Bertz CT molecular complexity index is 459. The van der Waals surface area contributed by atoms with E-state index in [2.05, 4.69) is 35.8 Å². The van der Waals surface area contributed by atoms with Crippen molar-refractivity contribution in [3.8, 4) is 0 Å². The second-order valence-corrected chi connectivity index (χ2v) is 5.91. The summed E-state index contributed by atoms with van der Waals surface area (Å²) in [5.74, 6) is 1.12. The lowest BCUT2D eigenvalue weighted by Crippen LogP contribution is -2.55. The molecule has 2 aliphatic heterocycles. The first-order valence-corrected chi connectivity index (χ1v) is 7.36. The monoisotopic (exact) mass is 260 g/mol. The molecule has 2 aliphatic rings. The Labute approximate surface area is 115 Å². The predicted octanol–water partition coefficient (Wildman–Crippen LogP) is 1.52. The Morgan fingerprint density at radius 2 is 2.21 bits per heavy atom. The molecule has 4 nitrogen and oxygen atoms in total. The molecule has 104 valence electrons. The van der Waals surface area contributed by atoms with Gasteiger partial charge < -0.3 is 10.6 Å². The van der Waals surface area contributed by atoms with Crippen molar-refractivity contribution >= 4 is 5.82 Å². The number of aromatic nitrogens is 1. The molecule has 3 heterocycles. The van der Waals surface area contributed by atoms with Crippen LogP contribution in [0, 0.1) is 6.92 Å². The van der Waals surface area contributed by atoms with Gasteiger partial charge in [-0.2, -0.15) is 0 Å². The average molecular weight is 260 g/mol. The molecule has 0 saturated carbocycles. The largest absolute Gasteiger partial charge is 0.351 e. The first kappa shape index (κ1) is 12.9. The average Bonchev–Trinajstić information content (AvgIpc) is 2.84. The summed E-state index contributed by atoms with van der Waals surface area (Å²) in [6, 6.07) is 5.54. The molecule has 2 atom stereocenters. The Kier molecular flexibility index (Phi) is 3.46. The van der Waals surface area contributed by atoms with E-state index in [0.717, 1.165) is 29.7 Å². The Hall–Kier alpha value is -1.13. The fourth-order valence-electron chi connectivity index (χ4n) is 3.46. The van der Waals surface area contributed by atoms with Gasteiger partial charge in [0, 0.05) is 37.4 Å². The summed E-state index contributed by atoms with van der Waals surface area (Å²) in [5, 5.41) is 0. The van der Waals surface area contributed by atoms with Gasteiger partial charge in [-0.15, -0.1) is 0 Å². The van der Waals surface area contributed by atoms with Crippen molar-refractivity contribution in [2.75, 3.05) is 24.5 Å². The van der Waals surface area contributed by atoms with E-state index in [0.29, 0.717) is 12.6 Å². The van der Waals surface area contributed by atoms with Crippen molar-refractivity contribution in [3.63, 3.8) is 0 Å². The quantitative estimate of drug-likeness (QED) is 0.876. The molecule has 1 aromatic heterocycles. The molecular weight excluding hydrogens is 236 g/mol. The second-order valence-electron chi connectivity index (χ2n) is 5.91. The molecule has 2 saturated heterocycles. The zero-order chi connectivity index (χ0) is 13.4. The summed E-state index contributed by atoms with van der Waals surface area (Å²) in [7, 11) is 0. The van der Waals surface area contributed by atoms with E-state index >= 15 is 0 Å². The van der Waals surface area contributed by atoms with Crippen LogP contribution in [0.5, 0.6) is 0 Å². The molecule has 1 aromatic rings. The number of pyridine rings is 1. The maximum atomic E-state index is 5.72. The van der Waals surface area contributed by atoms with E-state index in [1.54, 1.807) is 0 Å². The topological polar surface area (TPSA) is 45.4 Å². The number of fused-ring (bicyclic) bond motifs is 1. The molecule has 2 unspecified atom stereocenters. The van der Waals surface area contributed by atoms with Crippen molar-refractivity contribution in [1.82, 2.24) is 9.88 Å². The third kappa shape index (κ3) is 2.35. The highest BCUT2D eigenvalue weighted by molar-refractivity contribution is 5.43. The molecule has 2 fully saturated rings. The standard InChI is InChI=1S/C15H24N4/c1-11-9-18-7-3-4-14(18)10-19(11)15-6-5-13(8-16)12(2)17-15/h5-6,11,14H,3-4,7-10,16H2,1-2H3. The van der Waals surface area contributed by atoms with Crippen LogP contribution in [0.3, 0.4) is 0 Å². The number of hydrogen-bond donors (Lipinski definition) is 1. The summed E-state index contributed by atoms with van der Waals surface area (Å²) in [5.41, 5.74) is 7.94. The normalized spacial score (nSPS) is 27.6. The van der Waals surface area contributed by atoms with Gasteiger partial charge in [-0.05, 0) is 44.9 Å². The fraction of sp³-hybridized carbons (Fsp3) is 0.667. The fourth-order valence-corrected chi connectivity index (χ4v) is 3.46. The number of anilines is 1. The van der Waals surface area contributed by atoms with Crippen LogP contribution in [0.1, 0.15) is 31.0 Å². The van der Waals surface area contributed by atoms with E-state index in [-0.39, 0.29) is 0 Å². The maximum Gasteiger partial charge on any atom is 0.129 e. The molecule has 4 heteroatoms. The van der Waals surface area contributed by atoms with Crippen LogP contribution >= 0.6 is 0 Å². The molecular formula is C15H24N4. The van der Waals surface area contributed by atoms with Crippen molar-refractivity contribution < 1.29 is 0 Å². The minimum Gasteiger partial charge on any atom is -0.351 e. The minimum absolute atomic E-state index is 0.546. The minimum atomic E-state index is 0.546. The van der Waals surface area contributed by atoms with Gasteiger partial charge in [0.15, 0.2) is 0 Å². The van der Waals surface area contributed by atoms with Gasteiger partial charge in [-0.1, -0.05) is 6.07 Å². The van der Waals surface area contributed by atoms with Crippen LogP contribution < -0.4 is 10.6 Å². The highest BCUT2D eigenvalue weighted by atomic mass is 15.3. The molecule has 0 radical (unpaired) electrons. The predicted molar refractivity (Wildman–Crippen MR) is 78.3 cm³/mol. The van der Waals surface area contributed by atoms with Crippen LogP contribution in [0.4, 0.5) is 5.82 Å². The lowest BCUT2D eigenvalue weighted by Gasteiger charge is -2.43. The molecule has 0 aliphatic carbocycles. The van der Waals surface area contributed by atoms with Gasteiger partial charge in [0.25, 0.3) is 0 Å². The number of rotatable bonds is 2.